The second-order valence-electron chi connectivity index (χ2n) is 14.2. The number of hydrogen-bond acceptors (Lipinski definition) is 9. The minimum absolute atomic E-state index is 0.0824. The zero-order valence-corrected chi connectivity index (χ0v) is 29.3. The van der Waals surface area contributed by atoms with Crippen LogP contribution in [0.5, 0.6) is 5.75 Å². The topological polar surface area (TPSA) is 149 Å². The van der Waals surface area contributed by atoms with Crippen molar-refractivity contribution in [3.05, 3.63) is 29.8 Å². The van der Waals surface area contributed by atoms with E-state index >= 15 is 0 Å². The Morgan fingerprint density at radius 1 is 0.898 bits per heavy atom. The Hall–Kier alpha value is -4.11. The number of aliphatic carboxylic acids is 1. The van der Waals surface area contributed by atoms with Gasteiger partial charge in [0.2, 0.25) is 5.60 Å². The highest BCUT2D eigenvalue weighted by molar-refractivity contribution is 5.92. The fourth-order valence-corrected chi connectivity index (χ4v) is 5.08. The van der Waals surface area contributed by atoms with Crippen LogP contribution in [0.4, 0.5) is 22.4 Å². The van der Waals surface area contributed by atoms with Gasteiger partial charge in [-0.15, -0.1) is 13.2 Å². The summed E-state index contributed by atoms with van der Waals surface area (Å²) in [6.07, 6.45) is -7.98. The fraction of sp³-hybridized carbons (Fsp3) is 0.667. The third-order valence-electron chi connectivity index (χ3n) is 7.59. The summed E-state index contributed by atoms with van der Waals surface area (Å²) in [5.41, 5.74) is -4.82. The molecule has 0 radical (unpaired) electrons. The number of likely N-dealkylation sites (N-methyl/N-ethyl adjacent to an activating group) is 2. The summed E-state index contributed by atoms with van der Waals surface area (Å²) in [4.78, 5) is 67.1. The zero-order valence-electron chi connectivity index (χ0n) is 29.3. The second kappa shape index (κ2) is 15.2. The molecule has 1 fully saturated rings. The standard InChI is InChI=1S/C33H46F4N2O10/c1-18(2)15-23(39(10)29(45)49-30(4,5)6)26(41)46-19(3)25(40)38(9)24(17-31(7,8)34)27(42)48-32(28(43)44)16-22(32)20-11-13-21(14-12-20)47-33(35,36)37/h11-14,18-19,22-24H,15-17H2,1-10H3,(H,43,44)/t19-,22?,23+,24+,32?/m1/s1. The van der Waals surface area contributed by atoms with Gasteiger partial charge in [-0.2, -0.15) is 0 Å². The molecule has 1 N–H and O–H groups in total. The Kier molecular flexibility index (Phi) is 12.7. The van der Waals surface area contributed by atoms with Gasteiger partial charge in [-0.3, -0.25) is 9.69 Å². The van der Waals surface area contributed by atoms with Gasteiger partial charge in [0, 0.05) is 32.9 Å². The zero-order chi connectivity index (χ0) is 37.9. The van der Waals surface area contributed by atoms with Crippen LogP contribution in [0.2, 0.25) is 0 Å². The summed E-state index contributed by atoms with van der Waals surface area (Å²) in [5, 5.41) is 10.0. The number of ether oxygens (including phenoxy) is 4. The van der Waals surface area contributed by atoms with E-state index < -0.39 is 89.4 Å². The molecule has 16 heteroatoms. The van der Waals surface area contributed by atoms with E-state index in [0.29, 0.717) is 0 Å². The molecule has 12 nitrogen and oxygen atoms in total. The second-order valence-corrected chi connectivity index (χ2v) is 14.2. The van der Waals surface area contributed by atoms with E-state index in [-0.39, 0.29) is 24.3 Å². The highest BCUT2D eigenvalue weighted by Crippen LogP contribution is 2.55. The molecule has 1 aliphatic rings. The number of rotatable bonds is 14. The van der Waals surface area contributed by atoms with Crippen molar-refractivity contribution in [2.24, 2.45) is 5.92 Å². The Labute approximate surface area is 283 Å². The van der Waals surface area contributed by atoms with Crippen LogP contribution in [-0.2, 0) is 33.4 Å². The molecule has 0 heterocycles. The Bertz CT molecular complexity index is 1370. The first-order valence-electron chi connectivity index (χ1n) is 15.6. The number of carbonyl (C=O) groups is 5. The number of carboxylic acids is 1. The maximum absolute atomic E-state index is 15.0. The first-order chi connectivity index (χ1) is 22.2. The minimum Gasteiger partial charge on any atom is -0.478 e. The Balaban J connectivity index is 2.26. The molecular formula is C33H46F4N2O10. The number of esters is 2. The van der Waals surface area contributed by atoms with Gasteiger partial charge in [-0.1, -0.05) is 26.0 Å². The predicted octanol–water partition coefficient (Wildman–Crippen LogP) is 5.62. The quantitative estimate of drug-likeness (QED) is 0.147. The molecule has 49 heavy (non-hydrogen) atoms. The molecule has 5 atom stereocenters. The van der Waals surface area contributed by atoms with E-state index in [2.05, 4.69) is 4.74 Å². The minimum atomic E-state index is -4.94. The van der Waals surface area contributed by atoms with Crippen LogP contribution in [0.1, 0.15) is 86.1 Å². The Morgan fingerprint density at radius 2 is 1.45 bits per heavy atom. The molecule has 1 aliphatic carbocycles. The van der Waals surface area contributed by atoms with Crippen molar-refractivity contribution in [2.75, 3.05) is 14.1 Å². The molecule has 2 rings (SSSR count). The molecular weight excluding hydrogens is 660 g/mol. The number of carbonyl (C=O) groups excluding carboxylic acids is 4. The number of halogens is 4. The van der Waals surface area contributed by atoms with Crippen LogP contribution in [0, 0.1) is 5.92 Å². The lowest BCUT2D eigenvalue weighted by Gasteiger charge is -2.33. The van der Waals surface area contributed by atoms with Crippen LogP contribution in [0.3, 0.4) is 0 Å². The van der Waals surface area contributed by atoms with Gasteiger partial charge in [-0.25, -0.2) is 23.6 Å². The Morgan fingerprint density at radius 3 is 1.90 bits per heavy atom. The van der Waals surface area contributed by atoms with Crippen molar-refractivity contribution in [2.45, 2.75) is 122 Å². The van der Waals surface area contributed by atoms with Gasteiger partial charge >= 0.3 is 30.4 Å². The molecule has 0 saturated heterocycles. The number of nitrogens with zero attached hydrogens (tertiary/aromatic N) is 2. The molecule has 1 saturated carbocycles. The maximum atomic E-state index is 15.0. The molecule has 0 aromatic heterocycles. The number of carboxylic acid groups (broad SMARTS) is 1. The number of hydrogen-bond donors (Lipinski definition) is 1. The number of amides is 2. The first-order valence-corrected chi connectivity index (χ1v) is 15.6. The predicted molar refractivity (Wildman–Crippen MR) is 166 cm³/mol. The van der Waals surface area contributed by atoms with Gasteiger partial charge in [0.15, 0.2) is 6.10 Å². The average Bonchev–Trinajstić information content (AvgIpc) is 3.66. The smallest absolute Gasteiger partial charge is 0.478 e. The van der Waals surface area contributed by atoms with Crippen LogP contribution < -0.4 is 4.74 Å². The van der Waals surface area contributed by atoms with E-state index in [1.54, 1.807) is 20.8 Å². The van der Waals surface area contributed by atoms with Crippen molar-refractivity contribution in [1.82, 2.24) is 9.80 Å². The van der Waals surface area contributed by atoms with Crippen LogP contribution >= 0.6 is 0 Å². The highest BCUT2D eigenvalue weighted by atomic mass is 19.4. The monoisotopic (exact) mass is 706 g/mol. The summed E-state index contributed by atoms with van der Waals surface area (Å²) in [6.45, 7) is 12.1. The van der Waals surface area contributed by atoms with Crippen molar-refractivity contribution in [1.29, 1.82) is 0 Å². The molecule has 0 aliphatic heterocycles. The van der Waals surface area contributed by atoms with E-state index in [1.165, 1.54) is 26.1 Å². The third kappa shape index (κ3) is 11.8. The average molecular weight is 707 g/mol. The first kappa shape index (κ1) is 41.1. The van der Waals surface area contributed by atoms with Crippen LogP contribution in [0.25, 0.3) is 0 Å². The summed E-state index contributed by atoms with van der Waals surface area (Å²) >= 11 is 0. The summed E-state index contributed by atoms with van der Waals surface area (Å²) < 4.78 is 72.6. The van der Waals surface area contributed by atoms with Crippen molar-refractivity contribution < 1.29 is 65.6 Å². The van der Waals surface area contributed by atoms with Crippen molar-refractivity contribution >= 4 is 29.9 Å². The molecule has 1 aromatic carbocycles. The van der Waals surface area contributed by atoms with Gasteiger partial charge in [0.05, 0.1) is 0 Å². The maximum Gasteiger partial charge on any atom is 0.573 e. The van der Waals surface area contributed by atoms with E-state index in [1.807, 2.05) is 13.8 Å². The lowest BCUT2D eigenvalue weighted by Crippen LogP contribution is -2.52. The van der Waals surface area contributed by atoms with Crippen LogP contribution in [0.15, 0.2) is 24.3 Å². The lowest BCUT2D eigenvalue weighted by atomic mass is 9.99. The molecule has 0 bridgehead atoms. The summed E-state index contributed by atoms with van der Waals surface area (Å²) in [7, 11) is 2.49. The van der Waals surface area contributed by atoms with E-state index in [9.17, 15) is 46.6 Å². The molecule has 1 aromatic rings. The van der Waals surface area contributed by atoms with Gasteiger partial charge in [-0.05, 0) is 71.6 Å². The van der Waals surface area contributed by atoms with Crippen molar-refractivity contribution in [3.8, 4) is 5.75 Å². The van der Waals surface area contributed by atoms with Crippen LogP contribution in [-0.4, -0.2) is 100 Å². The van der Waals surface area contributed by atoms with Crippen molar-refractivity contribution in [3.63, 3.8) is 0 Å². The highest BCUT2D eigenvalue weighted by Gasteiger charge is 2.65. The van der Waals surface area contributed by atoms with Gasteiger partial charge < -0.3 is 29.0 Å². The molecule has 2 unspecified atom stereocenters. The largest absolute Gasteiger partial charge is 0.573 e. The fourth-order valence-electron chi connectivity index (χ4n) is 5.08. The lowest BCUT2D eigenvalue weighted by molar-refractivity contribution is -0.274. The molecule has 2 amide bonds. The van der Waals surface area contributed by atoms with Gasteiger partial charge in [0.1, 0.15) is 29.1 Å². The molecule has 0 spiro atoms. The SMILES string of the molecule is CC(C)C[C@@H](C(=O)O[C@H](C)C(=O)N(C)[C@@H](CC(C)(C)F)C(=O)OC1(C(=O)O)CC1c1ccc(OC(F)(F)F)cc1)N(C)C(=O)OC(C)(C)C. The third-order valence-corrected chi connectivity index (χ3v) is 7.59. The summed E-state index contributed by atoms with van der Waals surface area (Å²) in [6, 6.07) is 1.55. The van der Waals surface area contributed by atoms with E-state index in [4.69, 9.17) is 14.2 Å². The normalized spacial score (nSPS) is 19.6. The number of benzene rings is 1. The molecule has 276 valence electrons. The van der Waals surface area contributed by atoms with E-state index in [0.717, 1.165) is 42.8 Å². The number of alkyl halides is 4. The van der Waals surface area contributed by atoms with Gasteiger partial charge in [0.25, 0.3) is 5.91 Å². The summed E-state index contributed by atoms with van der Waals surface area (Å²) in [5.74, 6) is -6.28.